The number of aryl methyl sites for hydroxylation is 1. The predicted octanol–water partition coefficient (Wildman–Crippen LogP) is 2.77. The SMILES string of the molecule is Cn1cc(CC(=O)OC(C)(C)C)c2cc(O)ccc21. The standard InChI is InChI=1S/C15H19NO3/c1-15(2,3)19-14(18)7-10-9-16(4)13-6-5-11(17)8-12(10)13/h5-6,8-9,17H,7H2,1-4H3. The van der Waals surface area contributed by atoms with Crippen LogP contribution in [0.3, 0.4) is 0 Å². The molecule has 2 aromatic rings. The number of phenols is 1. The van der Waals surface area contributed by atoms with Gasteiger partial charge in [-0.05, 0) is 44.5 Å². The molecule has 4 heteroatoms. The molecule has 0 saturated heterocycles. The Morgan fingerprint density at radius 2 is 2.05 bits per heavy atom. The number of aromatic hydroxyl groups is 1. The van der Waals surface area contributed by atoms with Gasteiger partial charge in [-0.3, -0.25) is 4.79 Å². The number of rotatable bonds is 2. The van der Waals surface area contributed by atoms with E-state index >= 15 is 0 Å². The van der Waals surface area contributed by atoms with Gasteiger partial charge in [0.1, 0.15) is 11.4 Å². The summed E-state index contributed by atoms with van der Waals surface area (Å²) in [5.41, 5.74) is 1.36. The normalized spacial score (nSPS) is 11.8. The van der Waals surface area contributed by atoms with Crippen molar-refractivity contribution in [1.82, 2.24) is 4.57 Å². The third-order valence-electron chi connectivity index (χ3n) is 2.81. The summed E-state index contributed by atoms with van der Waals surface area (Å²) >= 11 is 0. The molecule has 0 spiro atoms. The van der Waals surface area contributed by atoms with Crippen LogP contribution in [0, 0.1) is 0 Å². The number of hydrogen-bond acceptors (Lipinski definition) is 3. The highest BCUT2D eigenvalue weighted by atomic mass is 16.6. The van der Waals surface area contributed by atoms with Crippen molar-refractivity contribution in [2.75, 3.05) is 0 Å². The second-order valence-electron chi connectivity index (χ2n) is 5.73. The van der Waals surface area contributed by atoms with E-state index in [9.17, 15) is 9.90 Å². The molecule has 19 heavy (non-hydrogen) atoms. The molecule has 0 saturated carbocycles. The molecule has 0 aliphatic carbocycles. The van der Waals surface area contributed by atoms with E-state index < -0.39 is 5.60 Å². The lowest BCUT2D eigenvalue weighted by Crippen LogP contribution is -2.24. The van der Waals surface area contributed by atoms with Gasteiger partial charge in [0.25, 0.3) is 0 Å². The molecule has 102 valence electrons. The Morgan fingerprint density at radius 3 is 2.68 bits per heavy atom. The van der Waals surface area contributed by atoms with Crippen LogP contribution in [0.15, 0.2) is 24.4 Å². The highest BCUT2D eigenvalue weighted by Crippen LogP contribution is 2.25. The van der Waals surface area contributed by atoms with Gasteiger partial charge in [-0.1, -0.05) is 0 Å². The van der Waals surface area contributed by atoms with Crippen LogP contribution < -0.4 is 0 Å². The van der Waals surface area contributed by atoms with Gasteiger partial charge in [0, 0.05) is 24.1 Å². The highest BCUT2D eigenvalue weighted by molar-refractivity contribution is 5.89. The topological polar surface area (TPSA) is 51.5 Å². The van der Waals surface area contributed by atoms with E-state index in [1.54, 1.807) is 12.1 Å². The Balaban J connectivity index is 2.31. The molecule has 4 nitrogen and oxygen atoms in total. The van der Waals surface area contributed by atoms with Crippen LogP contribution in [0.5, 0.6) is 5.75 Å². The zero-order valence-electron chi connectivity index (χ0n) is 11.7. The summed E-state index contributed by atoms with van der Waals surface area (Å²) in [5.74, 6) is -0.0625. The fourth-order valence-corrected chi connectivity index (χ4v) is 2.14. The summed E-state index contributed by atoms with van der Waals surface area (Å²) in [7, 11) is 1.91. The third-order valence-corrected chi connectivity index (χ3v) is 2.81. The number of esters is 1. The van der Waals surface area contributed by atoms with E-state index in [1.807, 2.05) is 44.6 Å². The summed E-state index contributed by atoms with van der Waals surface area (Å²) in [6.45, 7) is 5.54. The molecule has 0 aliphatic heterocycles. The van der Waals surface area contributed by atoms with Gasteiger partial charge in [-0.2, -0.15) is 0 Å². The van der Waals surface area contributed by atoms with Crippen LogP contribution in [0.4, 0.5) is 0 Å². The summed E-state index contributed by atoms with van der Waals surface area (Å²) in [5, 5.41) is 10.4. The second kappa shape index (κ2) is 4.61. The van der Waals surface area contributed by atoms with Crippen molar-refractivity contribution in [3.8, 4) is 5.75 Å². The van der Waals surface area contributed by atoms with Crippen LogP contribution in [0.25, 0.3) is 10.9 Å². The molecule has 2 rings (SSSR count). The number of aromatic nitrogens is 1. The number of carbonyl (C=O) groups is 1. The third kappa shape index (κ3) is 3.08. The second-order valence-corrected chi connectivity index (χ2v) is 5.73. The van der Waals surface area contributed by atoms with Gasteiger partial charge >= 0.3 is 5.97 Å². The number of phenolic OH excluding ortho intramolecular Hbond substituents is 1. The van der Waals surface area contributed by atoms with Gasteiger partial charge in [-0.25, -0.2) is 0 Å². The van der Waals surface area contributed by atoms with Crippen LogP contribution >= 0.6 is 0 Å². The Kier molecular flexibility index (Phi) is 3.27. The molecular formula is C15H19NO3. The van der Waals surface area contributed by atoms with Crippen molar-refractivity contribution < 1.29 is 14.6 Å². The van der Waals surface area contributed by atoms with Crippen LogP contribution in [0.2, 0.25) is 0 Å². The molecule has 0 fully saturated rings. The zero-order valence-corrected chi connectivity index (χ0v) is 11.7. The van der Waals surface area contributed by atoms with Crippen LogP contribution in [-0.4, -0.2) is 21.2 Å². The number of ether oxygens (including phenoxy) is 1. The lowest BCUT2D eigenvalue weighted by Gasteiger charge is -2.19. The number of carbonyl (C=O) groups excluding carboxylic acids is 1. The average molecular weight is 261 g/mol. The monoisotopic (exact) mass is 261 g/mol. The predicted molar refractivity (Wildman–Crippen MR) is 74.1 cm³/mol. The Morgan fingerprint density at radius 1 is 1.37 bits per heavy atom. The first-order chi connectivity index (χ1) is 8.76. The first-order valence-electron chi connectivity index (χ1n) is 6.25. The summed E-state index contributed by atoms with van der Waals surface area (Å²) in [4.78, 5) is 11.9. The molecule has 0 radical (unpaired) electrons. The Bertz CT molecular complexity index is 620. The van der Waals surface area contributed by atoms with E-state index in [2.05, 4.69) is 0 Å². The molecule has 0 amide bonds. The van der Waals surface area contributed by atoms with Gasteiger partial charge in [0.15, 0.2) is 0 Å². The summed E-state index contributed by atoms with van der Waals surface area (Å²) in [6.07, 6.45) is 2.10. The molecule has 1 N–H and O–H groups in total. The fourth-order valence-electron chi connectivity index (χ4n) is 2.14. The molecule has 0 aliphatic rings. The maximum Gasteiger partial charge on any atom is 0.310 e. The van der Waals surface area contributed by atoms with E-state index in [0.29, 0.717) is 0 Å². The van der Waals surface area contributed by atoms with Gasteiger partial charge in [-0.15, -0.1) is 0 Å². The van der Waals surface area contributed by atoms with E-state index in [-0.39, 0.29) is 18.1 Å². The number of hydrogen-bond donors (Lipinski definition) is 1. The average Bonchev–Trinajstić information content (AvgIpc) is 2.52. The summed E-state index contributed by atoms with van der Waals surface area (Å²) < 4.78 is 7.26. The maximum absolute atomic E-state index is 11.9. The fraction of sp³-hybridized carbons (Fsp3) is 0.400. The molecular weight excluding hydrogens is 242 g/mol. The molecule has 0 unspecified atom stereocenters. The number of benzene rings is 1. The Hall–Kier alpha value is -1.97. The van der Waals surface area contributed by atoms with Crippen molar-refractivity contribution in [3.05, 3.63) is 30.0 Å². The van der Waals surface area contributed by atoms with Crippen LogP contribution in [-0.2, 0) is 23.0 Å². The van der Waals surface area contributed by atoms with Crippen molar-refractivity contribution in [3.63, 3.8) is 0 Å². The van der Waals surface area contributed by atoms with Crippen molar-refractivity contribution >= 4 is 16.9 Å². The van der Waals surface area contributed by atoms with E-state index in [1.165, 1.54) is 0 Å². The van der Waals surface area contributed by atoms with Crippen molar-refractivity contribution in [2.24, 2.45) is 7.05 Å². The van der Waals surface area contributed by atoms with E-state index in [0.717, 1.165) is 16.5 Å². The molecule has 0 atom stereocenters. The van der Waals surface area contributed by atoms with Crippen molar-refractivity contribution in [2.45, 2.75) is 32.8 Å². The van der Waals surface area contributed by atoms with Gasteiger partial charge in [0.05, 0.1) is 6.42 Å². The van der Waals surface area contributed by atoms with Gasteiger partial charge < -0.3 is 14.4 Å². The number of nitrogens with zero attached hydrogens (tertiary/aromatic N) is 1. The zero-order chi connectivity index (χ0) is 14.2. The minimum absolute atomic E-state index is 0.198. The first kappa shape index (κ1) is 13.5. The highest BCUT2D eigenvalue weighted by Gasteiger charge is 2.18. The minimum Gasteiger partial charge on any atom is -0.508 e. The lowest BCUT2D eigenvalue weighted by atomic mass is 10.1. The largest absolute Gasteiger partial charge is 0.508 e. The quantitative estimate of drug-likeness (QED) is 0.846. The van der Waals surface area contributed by atoms with Crippen molar-refractivity contribution in [1.29, 1.82) is 0 Å². The minimum atomic E-state index is -0.482. The lowest BCUT2D eigenvalue weighted by molar-refractivity contribution is -0.153. The smallest absolute Gasteiger partial charge is 0.310 e. The molecule has 0 bridgehead atoms. The maximum atomic E-state index is 11.9. The summed E-state index contributed by atoms with van der Waals surface area (Å²) in [6, 6.07) is 5.15. The van der Waals surface area contributed by atoms with Gasteiger partial charge in [0.2, 0.25) is 0 Å². The number of fused-ring (bicyclic) bond motifs is 1. The molecule has 1 heterocycles. The Labute approximate surface area is 112 Å². The van der Waals surface area contributed by atoms with E-state index in [4.69, 9.17) is 4.74 Å². The molecule has 1 aromatic carbocycles. The first-order valence-corrected chi connectivity index (χ1v) is 6.25. The van der Waals surface area contributed by atoms with Crippen LogP contribution in [0.1, 0.15) is 26.3 Å². The molecule has 1 aromatic heterocycles.